The molecule has 1 atom stereocenters. The van der Waals surface area contributed by atoms with Crippen LogP contribution in [0.25, 0.3) is 4.91 Å². The number of hydrogen-bond donors (Lipinski definition) is 3. The Morgan fingerprint density at radius 1 is 1.22 bits per heavy atom. The molecule has 1 aliphatic heterocycles. The highest BCUT2D eigenvalue weighted by atomic mass is 32.2. The van der Waals surface area contributed by atoms with Crippen LogP contribution < -0.4 is 11.1 Å². The van der Waals surface area contributed by atoms with Crippen LogP contribution >= 0.6 is 0 Å². The molecule has 0 aromatic heterocycles. The topological polar surface area (TPSA) is 147 Å². The number of sulfonamides is 1. The Bertz CT molecular complexity index is 913. The van der Waals surface area contributed by atoms with Gasteiger partial charge in [0.15, 0.2) is 0 Å². The summed E-state index contributed by atoms with van der Waals surface area (Å²) in [4.78, 5) is 34.1. The molecule has 0 radical (unpaired) electrons. The number of nitrogens with zero attached hydrogens (tertiary/aromatic N) is 1. The third kappa shape index (κ3) is 4.27. The zero-order valence-corrected chi connectivity index (χ0v) is 15.9. The number of carbonyl (C=O) groups excluding carboxylic acids is 2. The molecule has 0 saturated carbocycles. The van der Waals surface area contributed by atoms with Crippen LogP contribution in [0.3, 0.4) is 0 Å². The van der Waals surface area contributed by atoms with Crippen molar-refractivity contribution in [3.8, 4) is 0 Å². The molecule has 1 aromatic carbocycles. The number of carbonyl (C=O) groups is 3. The van der Waals surface area contributed by atoms with Gasteiger partial charge in [0.1, 0.15) is 10.9 Å². The van der Waals surface area contributed by atoms with Gasteiger partial charge in [-0.15, -0.1) is 0 Å². The van der Waals surface area contributed by atoms with Crippen molar-refractivity contribution in [2.45, 2.75) is 38.8 Å². The molecule has 4 N–H and O–H groups in total. The van der Waals surface area contributed by atoms with Crippen LogP contribution in [-0.2, 0) is 26.0 Å². The number of carboxylic acid groups (broad SMARTS) is 1. The molecule has 0 spiro atoms. The molecule has 0 fully saturated rings. The number of nitrogens with two attached hydrogens (primary N) is 1. The zero-order chi connectivity index (χ0) is 20.6. The lowest BCUT2D eigenvalue weighted by Gasteiger charge is -2.30. The van der Waals surface area contributed by atoms with Gasteiger partial charge in [-0.1, -0.05) is 24.3 Å². The van der Waals surface area contributed by atoms with Crippen LogP contribution in [0.2, 0.25) is 0 Å². The number of nitrogens with one attached hydrogen (secondary N) is 1. The highest BCUT2D eigenvalue weighted by Gasteiger charge is 2.44. The lowest BCUT2D eigenvalue weighted by atomic mass is 10.0. The summed E-state index contributed by atoms with van der Waals surface area (Å²) in [6, 6.07) is 4.99. The fraction of sp³-hybridized carbons (Fsp3) is 0.353. The molecule has 1 aromatic rings. The van der Waals surface area contributed by atoms with Crippen molar-refractivity contribution in [3.63, 3.8) is 0 Å². The minimum atomic E-state index is -3.97. The average molecular weight is 395 g/mol. The Hall–Kier alpha value is -2.88. The Labute approximate surface area is 156 Å². The quantitative estimate of drug-likeness (QED) is 0.667. The maximum atomic E-state index is 12.7. The maximum absolute atomic E-state index is 12.7. The van der Waals surface area contributed by atoms with Crippen LogP contribution in [0, 0.1) is 0 Å². The Morgan fingerprint density at radius 2 is 1.78 bits per heavy atom. The van der Waals surface area contributed by atoms with Crippen LogP contribution in [-0.4, -0.2) is 47.3 Å². The van der Waals surface area contributed by atoms with Gasteiger partial charge in [-0.25, -0.2) is 17.5 Å². The van der Waals surface area contributed by atoms with Gasteiger partial charge in [-0.3, -0.25) is 9.59 Å². The molecule has 0 aliphatic carbocycles. The monoisotopic (exact) mass is 395 g/mol. The van der Waals surface area contributed by atoms with Crippen LogP contribution in [0.5, 0.6) is 0 Å². The fourth-order valence-corrected chi connectivity index (χ4v) is 4.69. The van der Waals surface area contributed by atoms with Crippen LogP contribution in [0.4, 0.5) is 4.79 Å². The summed E-state index contributed by atoms with van der Waals surface area (Å²) < 4.78 is 26.3. The fourth-order valence-electron chi connectivity index (χ4n) is 2.80. The summed E-state index contributed by atoms with van der Waals surface area (Å²) in [6.45, 7) is 4.88. The molecule has 0 bridgehead atoms. The predicted molar refractivity (Wildman–Crippen MR) is 97.8 cm³/mol. The van der Waals surface area contributed by atoms with Gasteiger partial charge in [0, 0.05) is 12.5 Å². The summed E-state index contributed by atoms with van der Waals surface area (Å²) in [5.41, 5.74) is 5.17. The van der Waals surface area contributed by atoms with E-state index < -0.39 is 39.5 Å². The van der Waals surface area contributed by atoms with Crippen molar-refractivity contribution < 1.29 is 27.9 Å². The van der Waals surface area contributed by atoms with E-state index >= 15 is 0 Å². The van der Waals surface area contributed by atoms with Crippen molar-refractivity contribution in [2.24, 2.45) is 5.73 Å². The molecule has 146 valence electrons. The van der Waals surface area contributed by atoms with Gasteiger partial charge in [-0.2, -0.15) is 0 Å². The molecule has 0 saturated heterocycles. The molecular weight excluding hydrogens is 374 g/mol. The second-order valence-corrected chi connectivity index (χ2v) is 8.85. The third-order valence-electron chi connectivity index (χ3n) is 3.90. The van der Waals surface area contributed by atoms with E-state index in [1.807, 2.05) is 5.32 Å². The van der Waals surface area contributed by atoms with E-state index in [9.17, 15) is 22.8 Å². The first-order valence-electron chi connectivity index (χ1n) is 8.03. The van der Waals surface area contributed by atoms with E-state index in [0.29, 0.717) is 11.1 Å². The summed E-state index contributed by atoms with van der Waals surface area (Å²) in [6.07, 6.45) is -0.285. The predicted octanol–water partition coefficient (Wildman–Crippen LogP) is 0.662. The third-order valence-corrected chi connectivity index (χ3v) is 6.02. The van der Waals surface area contributed by atoms with Crippen molar-refractivity contribution in [2.75, 3.05) is 0 Å². The van der Waals surface area contributed by atoms with E-state index in [1.165, 1.54) is 12.1 Å². The highest BCUT2D eigenvalue weighted by Crippen LogP contribution is 2.35. The minimum absolute atomic E-state index is 0.0146. The van der Waals surface area contributed by atoms with Gasteiger partial charge < -0.3 is 16.2 Å². The van der Waals surface area contributed by atoms with Gasteiger partial charge in [0.2, 0.25) is 5.91 Å². The van der Waals surface area contributed by atoms with E-state index in [1.54, 1.807) is 32.9 Å². The van der Waals surface area contributed by atoms with E-state index in [2.05, 4.69) is 0 Å². The van der Waals surface area contributed by atoms with Gasteiger partial charge in [-0.05, 0) is 31.9 Å². The van der Waals surface area contributed by atoms with Gasteiger partial charge in [0.25, 0.3) is 15.9 Å². The number of amides is 3. The number of benzene rings is 1. The van der Waals surface area contributed by atoms with E-state index in [-0.39, 0.29) is 11.3 Å². The normalized spacial score (nSPS) is 17.4. The molecule has 27 heavy (non-hydrogen) atoms. The molecule has 3 amide bonds. The number of primary amides is 1. The molecule has 1 unspecified atom stereocenters. The second kappa shape index (κ2) is 7.03. The lowest BCUT2D eigenvalue weighted by Crippen LogP contribution is -2.45. The molecule has 9 nitrogen and oxygen atoms in total. The van der Waals surface area contributed by atoms with Crippen molar-refractivity contribution in [3.05, 3.63) is 41.5 Å². The van der Waals surface area contributed by atoms with E-state index in [0.717, 1.165) is 10.4 Å². The summed E-state index contributed by atoms with van der Waals surface area (Å²) in [5.74, 6) is -1.44. The summed E-state index contributed by atoms with van der Waals surface area (Å²) in [5, 5.41) is 10.8. The minimum Gasteiger partial charge on any atom is -0.465 e. The van der Waals surface area contributed by atoms with Crippen LogP contribution in [0.1, 0.15) is 31.9 Å². The Balaban J connectivity index is 2.28. The standard InChI is InChI=1S/C17H21N3O6S/c1-17(2,3)20-14(21)9-13(27(20,25)26)11-6-4-10(5-7-11)8-12(15(18)22)19-16(23)24/h4-7,9,12,19H,8H2,1-3H3,(H2,18,22)(H,23,24). The van der Waals surface area contributed by atoms with E-state index in [4.69, 9.17) is 10.8 Å². The Morgan fingerprint density at radius 3 is 2.19 bits per heavy atom. The number of hydrogen-bond acceptors (Lipinski definition) is 5. The average Bonchev–Trinajstić information content (AvgIpc) is 2.75. The molecule has 1 aliphatic rings. The first-order chi connectivity index (χ1) is 12.3. The first-order valence-corrected chi connectivity index (χ1v) is 9.47. The van der Waals surface area contributed by atoms with Crippen molar-refractivity contribution >= 4 is 32.8 Å². The van der Waals surface area contributed by atoms with Gasteiger partial charge in [0.05, 0.1) is 5.54 Å². The first kappa shape index (κ1) is 20.4. The smallest absolute Gasteiger partial charge is 0.405 e. The number of rotatable bonds is 5. The lowest BCUT2D eigenvalue weighted by molar-refractivity contribution is -0.124. The largest absolute Gasteiger partial charge is 0.465 e. The zero-order valence-electron chi connectivity index (χ0n) is 15.1. The molecule has 1 heterocycles. The summed E-state index contributed by atoms with van der Waals surface area (Å²) >= 11 is 0. The maximum Gasteiger partial charge on any atom is 0.405 e. The van der Waals surface area contributed by atoms with Crippen LogP contribution in [0.15, 0.2) is 30.3 Å². The molecular formula is C17H21N3O6S. The molecule has 2 rings (SSSR count). The highest BCUT2D eigenvalue weighted by molar-refractivity contribution is 7.99. The Kier molecular flexibility index (Phi) is 5.32. The van der Waals surface area contributed by atoms with Crippen molar-refractivity contribution in [1.29, 1.82) is 0 Å². The van der Waals surface area contributed by atoms with Gasteiger partial charge >= 0.3 is 6.09 Å². The summed E-state index contributed by atoms with van der Waals surface area (Å²) in [7, 11) is -3.97. The SMILES string of the molecule is CC(C)(C)N1C(=O)C=C(c2ccc(CC(NC(=O)O)C(N)=O)cc2)S1(=O)=O. The van der Waals surface area contributed by atoms with Crippen molar-refractivity contribution in [1.82, 2.24) is 9.62 Å². The second-order valence-electron chi connectivity index (χ2n) is 7.09. The molecule has 10 heteroatoms.